The summed E-state index contributed by atoms with van der Waals surface area (Å²) in [5.41, 5.74) is 0.550. The lowest BCUT2D eigenvalue weighted by Crippen LogP contribution is -2.35. The van der Waals surface area contributed by atoms with E-state index in [-0.39, 0.29) is 11.4 Å². The van der Waals surface area contributed by atoms with Gasteiger partial charge < -0.3 is 10.2 Å². The van der Waals surface area contributed by atoms with Gasteiger partial charge in [-0.2, -0.15) is 5.10 Å². The van der Waals surface area contributed by atoms with Crippen molar-refractivity contribution in [1.82, 2.24) is 20.0 Å². The zero-order valence-corrected chi connectivity index (χ0v) is 15.1. The van der Waals surface area contributed by atoms with Crippen molar-refractivity contribution >= 4 is 5.91 Å². The first-order chi connectivity index (χ1) is 10.9. The zero-order valence-electron chi connectivity index (χ0n) is 15.1. The average molecular weight is 320 g/mol. The first kappa shape index (κ1) is 18.0. The van der Waals surface area contributed by atoms with E-state index in [2.05, 4.69) is 43.0 Å². The second kappa shape index (κ2) is 7.95. The topological polar surface area (TPSA) is 50.2 Å². The molecular weight excluding hydrogens is 288 g/mol. The molecule has 1 N–H and O–H groups in total. The highest BCUT2D eigenvalue weighted by Gasteiger charge is 2.17. The van der Waals surface area contributed by atoms with E-state index in [0.29, 0.717) is 5.56 Å². The molecule has 2 rings (SSSR count). The Bertz CT molecular complexity index is 503. The number of carbonyl (C=O) groups excluding carboxylic acids is 1. The standard InChI is InChI=1S/C18H32N4O/c1-15-8-7-11-21(13-15)10-6-5-9-19-17(23)16-12-20-22(14-16)18(2,3)4/h12,14-15H,5-11,13H2,1-4H3,(H,19,23). The Morgan fingerprint density at radius 2 is 2.17 bits per heavy atom. The molecule has 1 amide bonds. The minimum Gasteiger partial charge on any atom is -0.352 e. The number of aromatic nitrogens is 2. The van der Waals surface area contributed by atoms with Crippen molar-refractivity contribution in [2.75, 3.05) is 26.2 Å². The molecule has 0 saturated carbocycles. The Morgan fingerprint density at radius 3 is 2.83 bits per heavy atom. The molecular formula is C18H32N4O. The van der Waals surface area contributed by atoms with Gasteiger partial charge in [-0.1, -0.05) is 6.92 Å². The summed E-state index contributed by atoms with van der Waals surface area (Å²) < 4.78 is 1.83. The highest BCUT2D eigenvalue weighted by molar-refractivity contribution is 5.93. The third kappa shape index (κ3) is 5.65. The van der Waals surface area contributed by atoms with Gasteiger partial charge in [-0.15, -0.1) is 0 Å². The molecule has 5 heteroatoms. The van der Waals surface area contributed by atoms with Crippen LogP contribution in [0, 0.1) is 5.92 Å². The fourth-order valence-electron chi connectivity index (χ4n) is 3.06. The third-order valence-electron chi connectivity index (χ3n) is 4.46. The maximum Gasteiger partial charge on any atom is 0.254 e. The number of carbonyl (C=O) groups is 1. The lowest BCUT2D eigenvalue weighted by Gasteiger charge is -2.30. The summed E-state index contributed by atoms with van der Waals surface area (Å²) >= 11 is 0. The fourth-order valence-corrected chi connectivity index (χ4v) is 3.06. The second-order valence-corrected chi connectivity index (χ2v) is 7.86. The van der Waals surface area contributed by atoms with Crippen LogP contribution in [0.3, 0.4) is 0 Å². The number of piperidine rings is 1. The lowest BCUT2D eigenvalue weighted by atomic mass is 10.0. The summed E-state index contributed by atoms with van der Waals surface area (Å²) in [6.45, 7) is 12.9. The van der Waals surface area contributed by atoms with E-state index in [1.54, 1.807) is 6.20 Å². The van der Waals surface area contributed by atoms with Crippen molar-refractivity contribution in [2.24, 2.45) is 5.92 Å². The Balaban J connectivity index is 1.64. The Kier molecular flexibility index (Phi) is 6.22. The van der Waals surface area contributed by atoms with Crippen molar-refractivity contribution in [3.05, 3.63) is 18.0 Å². The molecule has 1 aromatic rings. The van der Waals surface area contributed by atoms with E-state index in [0.717, 1.165) is 31.8 Å². The first-order valence-corrected chi connectivity index (χ1v) is 8.92. The summed E-state index contributed by atoms with van der Waals surface area (Å²) in [7, 11) is 0. The van der Waals surface area contributed by atoms with Gasteiger partial charge in [0.1, 0.15) is 0 Å². The van der Waals surface area contributed by atoms with Gasteiger partial charge in [-0.05, 0) is 65.5 Å². The molecule has 1 fully saturated rings. The second-order valence-electron chi connectivity index (χ2n) is 7.86. The van der Waals surface area contributed by atoms with Gasteiger partial charge in [0.05, 0.1) is 17.3 Å². The molecule has 0 aromatic carbocycles. The quantitative estimate of drug-likeness (QED) is 0.820. The van der Waals surface area contributed by atoms with E-state index in [1.165, 1.54) is 25.9 Å². The molecule has 0 aliphatic carbocycles. The van der Waals surface area contributed by atoms with Crippen LogP contribution in [0.5, 0.6) is 0 Å². The van der Waals surface area contributed by atoms with Crippen molar-refractivity contribution in [2.45, 2.75) is 58.9 Å². The molecule has 0 radical (unpaired) electrons. The molecule has 1 saturated heterocycles. The molecule has 130 valence electrons. The van der Waals surface area contributed by atoms with E-state index < -0.39 is 0 Å². The van der Waals surface area contributed by atoms with Crippen LogP contribution in [0.2, 0.25) is 0 Å². The van der Waals surface area contributed by atoms with E-state index in [4.69, 9.17) is 0 Å². The summed E-state index contributed by atoms with van der Waals surface area (Å²) in [5, 5.41) is 7.27. The normalized spacial score (nSPS) is 19.7. The van der Waals surface area contributed by atoms with Crippen LogP contribution in [-0.2, 0) is 5.54 Å². The number of hydrogen-bond acceptors (Lipinski definition) is 3. The SMILES string of the molecule is CC1CCCN(CCCCNC(=O)c2cnn(C(C)(C)C)c2)C1. The molecule has 5 nitrogen and oxygen atoms in total. The van der Waals surface area contributed by atoms with Crippen LogP contribution in [-0.4, -0.2) is 46.8 Å². The Morgan fingerprint density at radius 1 is 1.39 bits per heavy atom. The number of unbranched alkanes of at least 4 members (excludes halogenated alkanes) is 1. The molecule has 1 unspecified atom stereocenters. The summed E-state index contributed by atoms with van der Waals surface area (Å²) in [6.07, 6.45) is 8.35. The third-order valence-corrected chi connectivity index (χ3v) is 4.46. The highest BCUT2D eigenvalue weighted by atomic mass is 16.1. The van der Waals surface area contributed by atoms with Crippen LogP contribution in [0.25, 0.3) is 0 Å². The smallest absolute Gasteiger partial charge is 0.254 e. The first-order valence-electron chi connectivity index (χ1n) is 8.92. The summed E-state index contributed by atoms with van der Waals surface area (Å²) in [5.74, 6) is 0.815. The maximum atomic E-state index is 12.1. The van der Waals surface area contributed by atoms with Gasteiger partial charge in [0.15, 0.2) is 0 Å². The van der Waals surface area contributed by atoms with Crippen LogP contribution < -0.4 is 5.32 Å². The summed E-state index contributed by atoms with van der Waals surface area (Å²) in [6, 6.07) is 0. The number of likely N-dealkylation sites (tertiary alicyclic amines) is 1. The van der Waals surface area contributed by atoms with Gasteiger partial charge in [0.25, 0.3) is 5.91 Å². The van der Waals surface area contributed by atoms with Gasteiger partial charge in [-0.25, -0.2) is 0 Å². The van der Waals surface area contributed by atoms with Crippen molar-refractivity contribution < 1.29 is 4.79 Å². The zero-order chi connectivity index (χ0) is 16.9. The molecule has 2 heterocycles. The number of amides is 1. The van der Waals surface area contributed by atoms with Crippen molar-refractivity contribution in [1.29, 1.82) is 0 Å². The largest absolute Gasteiger partial charge is 0.352 e. The number of nitrogens with zero attached hydrogens (tertiary/aromatic N) is 3. The van der Waals surface area contributed by atoms with Crippen LogP contribution in [0.15, 0.2) is 12.4 Å². The maximum absolute atomic E-state index is 12.1. The van der Waals surface area contributed by atoms with E-state index in [1.807, 2.05) is 10.9 Å². The van der Waals surface area contributed by atoms with Crippen LogP contribution in [0.4, 0.5) is 0 Å². The van der Waals surface area contributed by atoms with E-state index in [9.17, 15) is 4.79 Å². The molecule has 23 heavy (non-hydrogen) atoms. The Labute approximate surface area is 140 Å². The predicted molar refractivity (Wildman–Crippen MR) is 93.6 cm³/mol. The number of rotatable bonds is 6. The predicted octanol–water partition coefficient (Wildman–Crippen LogP) is 2.88. The number of hydrogen-bond donors (Lipinski definition) is 1. The van der Waals surface area contributed by atoms with Crippen LogP contribution in [0.1, 0.15) is 63.7 Å². The molecule has 1 aromatic heterocycles. The molecule has 1 atom stereocenters. The highest BCUT2D eigenvalue weighted by Crippen LogP contribution is 2.15. The van der Waals surface area contributed by atoms with Crippen LogP contribution >= 0.6 is 0 Å². The van der Waals surface area contributed by atoms with E-state index >= 15 is 0 Å². The molecule has 0 spiro atoms. The Hall–Kier alpha value is -1.36. The van der Waals surface area contributed by atoms with Gasteiger partial charge in [0, 0.05) is 19.3 Å². The van der Waals surface area contributed by atoms with Crippen molar-refractivity contribution in [3.63, 3.8) is 0 Å². The van der Waals surface area contributed by atoms with Gasteiger partial charge in [-0.3, -0.25) is 9.48 Å². The summed E-state index contributed by atoms with van der Waals surface area (Å²) in [4.78, 5) is 14.7. The molecule has 0 bridgehead atoms. The molecule has 1 aliphatic heterocycles. The number of nitrogens with one attached hydrogen (secondary N) is 1. The minimum absolute atomic E-state index is 0.0212. The monoisotopic (exact) mass is 320 g/mol. The van der Waals surface area contributed by atoms with Crippen molar-refractivity contribution in [3.8, 4) is 0 Å². The average Bonchev–Trinajstić information content (AvgIpc) is 2.97. The van der Waals surface area contributed by atoms with Gasteiger partial charge in [0.2, 0.25) is 0 Å². The molecule has 1 aliphatic rings. The van der Waals surface area contributed by atoms with Gasteiger partial charge >= 0.3 is 0 Å². The minimum atomic E-state index is -0.0931. The fraction of sp³-hybridized carbons (Fsp3) is 0.778. The lowest BCUT2D eigenvalue weighted by molar-refractivity contribution is 0.0952.